The first-order valence-electron chi connectivity index (χ1n) is 8.93. The predicted octanol–water partition coefficient (Wildman–Crippen LogP) is 1.54. The van der Waals surface area contributed by atoms with Crippen LogP contribution in [0.3, 0.4) is 0 Å². The van der Waals surface area contributed by atoms with E-state index >= 15 is 0 Å². The summed E-state index contributed by atoms with van der Waals surface area (Å²) in [6, 6.07) is 6.83. The van der Waals surface area contributed by atoms with E-state index < -0.39 is 27.6 Å². The van der Waals surface area contributed by atoms with Gasteiger partial charge in [0.1, 0.15) is 11.3 Å². The Morgan fingerprint density at radius 3 is 2.41 bits per heavy atom. The van der Waals surface area contributed by atoms with Gasteiger partial charge in [-0.3, -0.25) is 10.1 Å². The van der Waals surface area contributed by atoms with Gasteiger partial charge < -0.3 is 24.7 Å². The molecule has 0 radical (unpaired) electrons. The molecule has 4 rings (SSSR count). The normalized spacial score (nSPS) is 30.1. The minimum atomic E-state index is -1.85. The maximum Gasteiger partial charge on any atom is 0.293 e. The van der Waals surface area contributed by atoms with Crippen molar-refractivity contribution in [2.45, 2.75) is 25.7 Å². The van der Waals surface area contributed by atoms with Gasteiger partial charge in [-0.05, 0) is 19.9 Å². The van der Waals surface area contributed by atoms with E-state index in [9.17, 15) is 20.6 Å². The van der Waals surface area contributed by atoms with Crippen molar-refractivity contribution in [2.24, 2.45) is 21.6 Å². The molecule has 1 aromatic rings. The molecule has 3 unspecified atom stereocenters. The van der Waals surface area contributed by atoms with Crippen molar-refractivity contribution in [3.05, 3.63) is 27.8 Å². The molecule has 3 atom stereocenters. The smallest absolute Gasteiger partial charge is 0.293 e. The van der Waals surface area contributed by atoms with Gasteiger partial charge in [-0.1, -0.05) is 0 Å². The number of aliphatic imine (C=N–C) groups is 1. The van der Waals surface area contributed by atoms with E-state index in [-0.39, 0.29) is 48.6 Å². The lowest BCUT2D eigenvalue weighted by atomic mass is 9.93. The van der Waals surface area contributed by atoms with Crippen LogP contribution in [0.2, 0.25) is 0 Å². The van der Waals surface area contributed by atoms with Crippen LogP contribution in [-0.4, -0.2) is 36.7 Å². The van der Waals surface area contributed by atoms with Gasteiger partial charge in [0.05, 0.1) is 23.1 Å². The van der Waals surface area contributed by atoms with E-state index in [1.807, 2.05) is 0 Å². The number of benzene rings is 1. The molecular formula is C18H17N5O6. The second-order valence-corrected chi connectivity index (χ2v) is 6.74. The number of hydrogen-bond donors (Lipinski definition) is 1. The zero-order chi connectivity index (χ0) is 21.0. The topological polar surface area (TPSA) is 166 Å². The summed E-state index contributed by atoms with van der Waals surface area (Å²) in [5, 5.41) is 32.0. The number of hydrogen-bond acceptors (Lipinski definition) is 10. The summed E-state index contributed by atoms with van der Waals surface area (Å²) in [5.74, 6) is -2.51. The highest BCUT2D eigenvalue weighted by molar-refractivity contribution is 6.00. The van der Waals surface area contributed by atoms with E-state index in [1.54, 1.807) is 13.8 Å². The molecule has 1 fully saturated rings. The molecule has 0 aromatic heterocycles. The highest BCUT2D eigenvalue weighted by atomic mass is 16.7. The van der Waals surface area contributed by atoms with Crippen molar-refractivity contribution in [3.63, 3.8) is 0 Å². The minimum absolute atomic E-state index is 0.0845. The third kappa shape index (κ3) is 1.98. The van der Waals surface area contributed by atoms with Gasteiger partial charge in [0.2, 0.25) is 6.79 Å². The first-order chi connectivity index (χ1) is 13.9. The predicted molar refractivity (Wildman–Crippen MR) is 95.7 cm³/mol. The maximum absolute atomic E-state index is 11.8. The molecule has 0 amide bonds. The molecule has 2 aliphatic heterocycles. The number of nitriles is 2. The van der Waals surface area contributed by atoms with Crippen molar-refractivity contribution < 1.29 is 23.9 Å². The van der Waals surface area contributed by atoms with E-state index in [0.29, 0.717) is 0 Å². The molecule has 29 heavy (non-hydrogen) atoms. The Bertz CT molecular complexity index is 1020. The van der Waals surface area contributed by atoms with Crippen molar-refractivity contribution in [3.8, 4) is 23.6 Å². The molecule has 2 N–H and O–H groups in total. The monoisotopic (exact) mass is 399 g/mol. The van der Waals surface area contributed by atoms with Crippen molar-refractivity contribution in [2.75, 3.05) is 20.0 Å². The van der Waals surface area contributed by atoms with Crippen LogP contribution in [0, 0.1) is 43.6 Å². The molecular weight excluding hydrogens is 382 g/mol. The van der Waals surface area contributed by atoms with Crippen LogP contribution in [0.1, 0.15) is 25.3 Å². The Labute approximate surface area is 165 Å². The Morgan fingerprint density at radius 1 is 1.28 bits per heavy atom. The number of nitro groups is 1. The number of fused-ring (bicyclic) bond motifs is 2. The summed E-state index contributed by atoms with van der Waals surface area (Å²) in [6.45, 7) is 3.53. The second kappa shape index (κ2) is 6.04. The summed E-state index contributed by atoms with van der Waals surface area (Å²) in [5.41, 5.74) is 2.60. The molecule has 1 aromatic carbocycles. The average molecular weight is 399 g/mol. The fourth-order valence-corrected chi connectivity index (χ4v) is 4.55. The fraction of sp³-hybridized carbons (Fsp3) is 0.500. The largest absolute Gasteiger partial charge is 0.454 e. The van der Waals surface area contributed by atoms with Crippen LogP contribution in [0.4, 0.5) is 5.69 Å². The van der Waals surface area contributed by atoms with E-state index in [4.69, 9.17) is 24.7 Å². The highest BCUT2D eigenvalue weighted by Gasteiger charge is 2.94. The molecule has 11 nitrogen and oxygen atoms in total. The van der Waals surface area contributed by atoms with Crippen LogP contribution >= 0.6 is 0 Å². The molecule has 3 aliphatic rings. The summed E-state index contributed by atoms with van der Waals surface area (Å²) < 4.78 is 22.0. The summed E-state index contributed by atoms with van der Waals surface area (Å²) in [4.78, 5) is 15.4. The van der Waals surface area contributed by atoms with E-state index in [1.165, 1.54) is 12.1 Å². The first-order valence-corrected chi connectivity index (χ1v) is 8.93. The lowest BCUT2D eigenvalue weighted by molar-refractivity contribution is -0.385. The number of nitrogens with two attached hydrogens (primary N) is 1. The molecule has 1 aliphatic carbocycles. The zero-order valence-electron chi connectivity index (χ0n) is 15.7. The highest BCUT2D eigenvalue weighted by Crippen LogP contribution is 2.82. The minimum Gasteiger partial charge on any atom is -0.454 e. The molecule has 150 valence electrons. The van der Waals surface area contributed by atoms with Crippen LogP contribution in [0.5, 0.6) is 11.5 Å². The average Bonchev–Trinajstić information content (AvgIpc) is 2.94. The van der Waals surface area contributed by atoms with Gasteiger partial charge in [0.15, 0.2) is 16.9 Å². The van der Waals surface area contributed by atoms with Crippen LogP contribution in [-0.2, 0) is 9.47 Å². The Kier molecular flexibility index (Phi) is 3.94. The zero-order valence-corrected chi connectivity index (χ0v) is 15.7. The fourth-order valence-electron chi connectivity index (χ4n) is 4.55. The van der Waals surface area contributed by atoms with Crippen molar-refractivity contribution in [1.82, 2.24) is 0 Å². The van der Waals surface area contributed by atoms with Crippen molar-refractivity contribution >= 4 is 11.5 Å². The molecule has 1 saturated carbocycles. The summed E-state index contributed by atoms with van der Waals surface area (Å²) in [7, 11) is 0. The second-order valence-electron chi connectivity index (χ2n) is 6.74. The van der Waals surface area contributed by atoms with Gasteiger partial charge in [-0.15, -0.1) is 0 Å². The lowest BCUT2D eigenvalue weighted by Gasteiger charge is -2.31. The molecule has 0 spiro atoms. The molecule has 0 bridgehead atoms. The molecule has 2 heterocycles. The number of nitro benzene ring substituents is 1. The third-order valence-electron chi connectivity index (χ3n) is 5.64. The van der Waals surface area contributed by atoms with Gasteiger partial charge >= 0.3 is 0 Å². The Morgan fingerprint density at radius 2 is 1.90 bits per heavy atom. The van der Waals surface area contributed by atoms with Crippen LogP contribution in [0.25, 0.3) is 0 Å². The van der Waals surface area contributed by atoms with Crippen molar-refractivity contribution in [1.29, 1.82) is 10.5 Å². The van der Waals surface area contributed by atoms with Crippen LogP contribution in [0.15, 0.2) is 17.1 Å². The van der Waals surface area contributed by atoms with Gasteiger partial charge in [0.25, 0.3) is 11.6 Å². The van der Waals surface area contributed by atoms with Crippen LogP contribution < -0.4 is 15.2 Å². The number of amidine groups is 1. The number of rotatable bonds is 6. The number of ether oxygens (including phenoxy) is 4. The maximum atomic E-state index is 11.8. The summed E-state index contributed by atoms with van der Waals surface area (Å²) >= 11 is 0. The Balaban J connectivity index is 1.98. The quantitative estimate of drug-likeness (QED) is 0.424. The van der Waals surface area contributed by atoms with Gasteiger partial charge in [0, 0.05) is 24.7 Å². The Hall–Kier alpha value is -3.41. The number of nitrogens with zero attached hydrogens (tertiary/aromatic N) is 4. The van der Waals surface area contributed by atoms with Gasteiger partial charge in [-0.25, -0.2) is 4.99 Å². The standard InChI is InChI=1S/C18H17N5O6/c1-3-28-18(29-4-2)17(8-20)14(16(17,7-19)15(21)22-18)10-5-12-13(27-9-26-12)6-11(10)23(24)25/h5-6,14H,3-4,9H2,1-2H3,(H2,21,22). The first kappa shape index (κ1) is 18.9. The van der Waals surface area contributed by atoms with E-state index in [2.05, 4.69) is 17.1 Å². The van der Waals surface area contributed by atoms with Gasteiger partial charge in [-0.2, -0.15) is 10.5 Å². The van der Waals surface area contributed by atoms with E-state index in [0.717, 1.165) is 0 Å². The third-order valence-corrected chi connectivity index (χ3v) is 5.64. The lowest BCUT2D eigenvalue weighted by Crippen LogP contribution is -2.43. The SMILES string of the molecule is CCOC1(OCC)N=C(N)C2(C#N)C(c3cc4c(cc3[N+](=O)[O-])OCO4)C12C#N. The molecule has 11 heteroatoms. The summed E-state index contributed by atoms with van der Waals surface area (Å²) in [6.07, 6.45) is 0. The molecule has 0 saturated heterocycles.